The summed E-state index contributed by atoms with van der Waals surface area (Å²) in [6.45, 7) is 8.23. The highest BCUT2D eigenvalue weighted by molar-refractivity contribution is 5.94. The fourth-order valence-electron chi connectivity index (χ4n) is 2.29. The minimum absolute atomic E-state index is 0.0886. The molecule has 1 amide bonds. The van der Waals surface area contributed by atoms with Crippen LogP contribution in [-0.4, -0.2) is 42.6 Å². The smallest absolute Gasteiger partial charge is 0.254 e. The topological polar surface area (TPSA) is 41.6 Å². The molecule has 1 aliphatic heterocycles. The van der Waals surface area contributed by atoms with Crippen LogP contribution in [0.4, 0.5) is 5.69 Å². The SMILES string of the molecule is CCNc1ccc(C(=O)N2CC(C)OCC2C)cc1. The first-order valence-electron chi connectivity index (χ1n) is 6.88. The standard InChI is InChI=1S/C15H22N2O2/c1-4-16-14-7-5-13(6-8-14)15(18)17-9-12(3)19-10-11(17)2/h5-8,11-12,16H,4,9-10H2,1-3H3. The van der Waals surface area contributed by atoms with Crippen LogP contribution < -0.4 is 5.32 Å². The van der Waals surface area contributed by atoms with Gasteiger partial charge in [0.1, 0.15) is 0 Å². The Morgan fingerprint density at radius 3 is 2.68 bits per heavy atom. The fourth-order valence-corrected chi connectivity index (χ4v) is 2.29. The molecule has 1 heterocycles. The number of benzene rings is 1. The predicted octanol–water partition coefficient (Wildman–Crippen LogP) is 2.37. The molecule has 1 aromatic carbocycles. The molecule has 4 heteroatoms. The summed E-state index contributed by atoms with van der Waals surface area (Å²) in [4.78, 5) is 14.4. The van der Waals surface area contributed by atoms with E-state index < -0.39 is 0 Å². The number of anilines is 1. The molecule has 104 valence electrons. The molecule has 1 saturated heterocycles. The molecule has 2 atom stereocenters. The Bertz CT molecular complexity index is 430. The number of rotatable bonds is 3. The van der Waals surface area contributed by atoms with Gasteiger partial charge in [-0.2, -0.15) is 0 Å². The Kier molecular flexibility index (Phi) is 4.43. The van der Waals surface area contributed by atoms with Gasteiger partial charge in [0.25, 0.3) is 5.91 Å². The summed E-state index contributed by atoms with van der Waals surface area (Å²) >= 11 is 0. The van der Waals surface area contributed by atoms with Crippen molar-refractivity contribution in [3.8, 4) is 0 Å². The second kappa shape index (κ2) is 6.06. The lowest BCUT2D eigenvalue weighted by atomic mass is 10.1. The summed E-state index contributed by atoms with van der Waals surface area (Å²) in [6, 6.07) is 7.80. The average molecular weight is 262 g/mol. The van der Waals surface area contributed by atoms with E-state index in [0.717, 1.165) is 17.8 Å². The molecule has 0 saturated carbocycles. The van der Waals surface area contributed by atoms with Crippen molar-refractivity contribution >= 4 is 11.6 Å². The minimum Gasteiger partial charge on any atom is -0.385 e. The van der Waals surface area contributed by atoms with Crippen LogP contribution in [0.25, 0.3) is 0 Å². The highest BCUT2D eigenvalue weighted by atomic mass is 16.5. The van der Waals surface area contributed by atoms with Crippen LogP contribution in [0.5, 0.6) is 0 Å². The Morgan fingerprint density at radius 1 is 1.37 bits per heavy atom. The van der Waals surface area contributed by atoms with Crippen molar-refractivity contribution in [1.82, 2.24) is 4.90 Å². The largest absolute Gasteiger partial charge is 0.385 e. The van der Waals surface area contributed by atoms with Crippen LogP contribution in [0.3, 0.4) is 0 Å². The molecule has 19 heavy (non-hydrogen) atoms. The summed E-state index contributed by atoms with van der Waals surface area (Å²) in [5.41, 5.74) is 1.78. The molecule has 2 rings (SSSR count). The number of amides is 1. The first-order chi connectivity index (χ1) is 9.11. The van der Waals surface area contributed by atoms with Crippen LogP contribution in [0.15, 0.2) is 24.3 Å². The molecule has 2 unspecified atom stereocenters. The van der Waals surface area contributed by atoms with E-state index in [-0.39, 0.29) is 18.1 Å². The Labute approximate surface area is 114 Å². The van der Waals surface area contributed by atoms with E-state index in [1.807, 2.05) is 43.0 Å². The maximum absolute atomic E-state index is 12.5. The van der Waals surface area contributed by atoms with E-state index in [9.17, 15) is 4.79 Å². The Morgan fingerprint density at radius 2 is 2.05 bits per heavy atom. The van der Waals surface area contributed by atoms with Gasteiger partial charge in [-0.25, -0.2) is 0 Å². The molecule has 0 spiro atoms. The lowest BCUT2D eigenvalue weighted by Gasteiger charge is -2.36. The lowest BCUT2D eigenvalue weighted by Crippen LogP contribution is -2.50. The summed E-state index contributed by atoms with van der Waals surface area (Å²) in [6.07, 6.45) is 0.112. The maximum atomic E-state index is 12.5. The van der Waals surface area contributed by atoms with Gasteiger partial charge in [0, 0.05) is 24.3 Å². The molecular formula is C15H22N2O2. The number of carbonyl (C=O) groups is 1. The van der Waals surface area contributed by atoms with Crippen LogP contribution in [0, 0.1) is 0 Å². The van der Waals surface area contributed by atoms with Gasteiger partial charge in [0.2, 0.25) is 0 Å². The number of hydrogen-bond donors (Lipinski definition) is 1. The zero-order valence-electron chi connectivity index (χ0n) is 11.8. The highest BCUT2D eigenvalue weighted by Gasteiger charge is 2.28. The van der Waals surface area contributed by atoms with E-state index >= 15 is 0 Å². The summed E-state index contributed by atoms with van der Waals surface area (Å²) < 4.78 is 5.55. The maximum Gasteiger partial charge on any atom is 0.254 e. The van der Waals surface area contributed by atoms with Crippen LogP contribution in [0.2, 0.25) is 0 Å². The van der Waals surface area contributed by atoms with E-state index in [0.29, 0.717) is 13.2 Å². The van der Waals surface area contributed by atoms with Crippen LogP contribution >= 0.6 is 0 Å². The third kappa shape index (κ3) is 3.26. The summed E-state index contributed by atoms with van der Waals surface area (Å²) in [7, 11) is 0. The zero-order chi connectivity index (χ0) is 13.8. The Balaban J connectivity index is 2.09. The molecule has 0 bridgehead atoms. The van der Waals surface area contributed by atoms with Gasteiger partial charge in [-0.1, -0.05) is 0 Å². The summed E-state index contributed by atoms with van der Waals surface area (Å²) in [5.74, 6) is 0.0886. The first kappa shape index (κ1) is 13.9. The normalized spacial score (nSPS) is 23.2. The molecule has 0 radical (unpaired) electrons. The fraction of sp³-hybridized carbons (Fsp3) is 0.533. The third-order valence-electron chi connectivity index (χ3n) is 3.38. The molecule has 1 aliphatic rings. The number of hydrogen-bond acceptors (Lipinski definition) is 3. The van der Waals surface area contributed by atoms with Crippen LogP contribution in [0.1, 0.15) is 31.1 Å². The van der Waals surface area contributed by atoms with Crippen molar-refractivity contribution in [3.63, 3.8) is 0 Å². The molecule has 1 N–H and O–H groups in total. The molecule has 1 aromatic rings. The number of nitrogens with zero attached hydrogens (tertiary/aromatic N) is 1. The van der Waals surface area contributed by atoms with Gasteiger partial charge in [0.15, 0.2) is 0 Å². The van der Waals surface area contributed by atoms with Crippen LogP contribution in [-0.2, 0) is 4.74 Å². The molecule has 4 nitrogen and oxygen atoms in total. The number of carbonyl (C=O) groups excluding carboxylic acids is 1. The predicted molar refractivity (Wildman–Crippen MR) is 76.5 cm³/mol. The van der Waals surface area contributed by atoms with Gasteiger partial charge in [-0.05, 0) is 45.0 Å². The Hall–Kier alpha value is -1.55. The second-order valence-electron chi connectivity index (χ2n) is 5.06. The molecular weight excluding hydrogens is 240 g/mol. The van der Waals surface area contributed by atoms with Crippen molar-refractivity contribution < 1.29 is 9.53 Å². The number of nitrogens with one attached hydrogen (secondary N) is 1. The van der Waals surface area contributed by atoms with E-state index in [2.05, 4.69) is 12.2 Å². The minimum atomic E-state index is 0.0886. The summed E-state index contributed by atoms with van der Waals surface area (Å²) in [5, 5.41) is 3.22. The number of morpholine rings is 1. The average Bonchev–Trinajstić information content (AvgIpc) is 2.42. The van der Waals surface area contributed by atoms with E-state index in [1.165, 1.54) is 0 Å². The van der Waals surface area contributed by atoms with Crippen molar-refractivity contribution in [3.05, 3.63) is 29.8 Å². The van der Waals surface area contributed by atoms with Gasteiger partial charge in [-0.15, -0.1) is 0 Å². The van der Waals surface area contributed by atoms with Crippen molar-refractivity contribution in [2.45, 2.75) is 32.9 Å². The van der Waals surface area contributed by atoms with Gasteiger partial charge in [-0.3, -0.25) is 4.79 Å². The monoisotopic (exact) mass is 262 g/mol. The quantitative estimate of drug-likeness (QED) is 0.909. The number of ether oxygens (including phenoxy) is 1. The molecule has 0 aromatic heterocycles. The lowest BCUT2D eigenvalue weighted by molar-refractivity contribution is -0.0387. The van der Waals surface area contributed by atoms with Gasteiger partial charge < -0.3 is 15.0 Å². The van der Waals surface area contributed by atoms with Gasteiger partial charge >= 0.3 is 0 Å². The van der Waals surface area contributed by atoms with Crippen molar-refractivity contribution in [2.75, 3.05) is 25.0 Å². The zero-order valence-corrected chi connectivity index (χ0v) is 11.8. The third-order valence-corrected chi connectivity index (χ3v) is 3.38. The molecule has 0 aliphatic carbocycles. The molecule has 1 fully saturated rings. The van der Waals surface area contributed by atoms with Crippen molar-refractivity contribution in [2.24, 2.45) is 0 Å². The van der Waals surface area contributed by atoms with E-state index in [1.54, 1.807) is 0 Å². The van der Waals surface area contributed by atoms with E-state index in [4.69, 9.17) is 4.74 Å². The van der Waals surface area contributed by atoms with Gasteiger partial charge in [0.05, 0.1) is 18.8 Å². The highest BCUT2D eigenvalue weighted by Crippen LogP contribution is 2.17. The second-order valence-corrected chi connectivity index (χ2v) is 5.06. The first-order valence-corrected chi connectivity index (χ1v) is 6.88. The van der Waals surface area contributed by atoms with Crippen molar-refractivity contribution in [1.29, 1.82) is 0 Å².